The summed E-state index contributed by atoms with van der Waals surface area (Å²) in [5.41, 5.74) is 0.897. The summed E-state index contributed by atoms with van der Waals surface area (Å²) in [6.45, 7) is 2.11. The maximum atomic E-state index is 13.0. The van der Waals surface area contributed by atoms with E-state index >= 15 is 0 Å². The standard InChI is InChI=1S/C12H14FNO/c1-4-7-15-12-8-10(13)5-6-11(12)9(2)14-3/h1,5-6,8-9,14H,7H2,2-3H3. The number of nitrogens with one attached hydrogen (secondary N) is 1. The Hall–Kier alpha value is -1.53. The van der Waals surface area contributed by atoms with E-state index in [1.165, 1.54) is 12.1 Å². The molecule has 0 aliphatic rings. The number of hydrogen-bond acceptors (Lipinski definition) is 2. The van der Waals surface area contributed by atoms with Crippen molar-refractivity contribution in [3.05, 3.63) is 29.6 Å². The molecule has 15 heavy (non-hydrogen) atoms. The first kappa shape index (κ1) is 11.5. The highest BCUT2D eigenvalue weighted by Crippen LogP contribution is 2.25. The SMILES string of the molecule is C#CCOc1cc(F)ccc1C(C)NC. The maximum Gasteiger partial charge on any atom is 0.148 e. The van der Waals surface area contributed by atoms with Gasteiger partial charge in [-0.05, 0) is 20.0 Å². The topological polar surface area (TPSA) is 21.3 Å². The molecule has 1 aromatic rings. The molecule has 1 rings (SSSR count). The number of hydrogen-bond donors (Lipinski definition) is 1. The molecule has 2 nitrogen and oxygen atoms in total. The fraction of sp³-hybridized carbons (Fsp3) is 0.333. The Morgan fingerprint density at radius 1 is 1.60 bits per heavy atom. The summed E-state index contributed by atoms with van der Waals surface area (Å²) in [5, 5.41) is 3.06. The van der Waals surface area contributed by atoms with E-state index in [0.29, 0.717) is 5.75 Å². The van der Waals surface area contributed by atoms with E-state index in [0.717, 1.165) is 5.56 Å². The van der Waals surface area contributed by atoms with Crippen molar-refractivity contribution in [1.29, 1.82) is 0 Å². The normalized spacial score (nSPS) is 11.9. The lowest BCUT2D eigenvalue weighted by molar-refractivity contribution is 0.359. The fourth-order valence-corrected chi connectivity index (χ4v) is 1.27. The van der Waals surface area contributed by atoms with E-state index in [-0.39, 0.29) is 18.5 Å². The quantitative estimate of drug-likeness (QED) is 0.763. The van der Waals surface area contributed by atoms with Crippen LogP contribution in [0.1, 0.15) is 18.5 Å². The van der Waals surface area contributed by atoms with Crippen molar-refractivity contribution in [3.63, 3.8) is 0 Å². The molecule has 0 aliphatic heterocycles. The Morgan fingerprint density at radius 2 is 2.33 bits per heavy atom. The molecular formula is C12H14FNO. The molecule has 0 saturated carbocycles. The molecule has 0 radical (unpaired) electrons. The summed E-state index contributed by atoms with van der Waals surface area (Å²) in [6, 6.07) is 4.55. The number of terminal acetylenes is 1. The largest absolute Gasteiger partial charge is 0.481 e. The Labute approximate surface area is 89.4 Å². The van der Waals surface area contributed by atoms with E-state index in [1.807, 2.05) is 14.0 Å². The Balaban J connectivity index is 2.98. The fourth-order valence-electron chi connectivity index (χ4n) is 1.27. The van der Waals surface area contributed by atoms with Gasteiger partial charge in [-0.25, -0.2) is 4.39 Å². The van der Waals surface area contributed by atoms with Crippen LogP contribution in [0, 0.1) is 18.2 Å². The van der Waals surface area contributed by atoms with Gasteiger partial charge in [0, 0.05) is 17.7 Å². The molecule has 1 N–H and O–H groups in total. The van der Waals surface area contributed by atoms with Gasteiger partial charge >= 0.3 is 0 Å². The predicted molar refractivity (Wildman–Crippen MR) is 58.2 cm³/mol. The highest BCUT2D eigenvalue weighted by Gasteiger charge is 2.10. The second-order valence-corrected chi connectivity index (χ2v) is 3.19. The molecule has 1 unspecified atom stereocenters. The van der Waals surface area contributed by atoms with Crippen molar-refractivity contribution >= 4 is 0 Å². The van der Waals surface area contributed by atoms with Crippen molar-refractivity contribution in [3.8, 4) is 18.1 Å². The van der Waals surface area contributed by atoms with Gasteiger partial charge < -0.3 is 10.1 Å². The molecule has 0 aliphatic carbocycles. The van der Waals surface area contributed by atoms with Crippen LogP contribution in [0.3, 0.4) is 0 Å². The van der Waals surface area contributed by atoms with Gasteiger partial charge in [-0.3, -0.25) is 0 Å². The zero-order chi connectivity index (χ0) is 11.3. The van der Waals surface area contributed by atoms with Gasteiger partial charge in [-0.15, -0.1) is 6.42 Å². The molecule has 0 spiro atoms. The minimum Gasteiger partial charge on any atom is -0.481 e. The third-order valence-electron chi connectivity index (χ3n) is 2.19. The molecule has 0 aromatic heterocycles. The molecule has 0 heterocycles. The van der Waals surface area contributed by atoms with E-state index in [9.17, 15) is 4.39 Å². The predicted octanol–water partition coefficient (Wildman–Crippen LogP) is 2.12. The zero-order valence-corrected chi connectivity index (χ0v) is 8.88. The Kier molecular flexibility index (Phi) is 4.14. The molecule has 1 aromatic carbocycles. The lowest BCUT2D eigenvalue weighted by atomic mass is 10.1. The third kappa shape index (κ3) is 2.97. The first-order valence-corrected chi connectivity index (χ1v) is 4.72. The van der Waals surface area contributed by atoms with Crippen LogP contribution in [0.5, 0.6) is 5.75 Å². The number of rotatable bonds is 4. The molecule has 0 saturated heterocycles. The number of halogens is 1. The van der Waals surface area contributed by atoms with Crippen molar-refractivity contribution in [2.75, 3.05) is 13.7 Å². The first-order valence-electron chi connectivity index (χ1n) is 4.72. The lowest BCUT2D eigenvalue weighted by Gasteiger charge is -2.15. The summed E-state index contributed by atoms with van der Waals surface area (Å²) in [5.74, 6) is 2.52. The van der Waals surface area contributed by atoms with Gasteiger partial charge in [0.25, 0.3) is 0 Å². The van der Waals surface area contributed by atoms with E-state index in [1.54, 1.807) is 6.07 Å². The summed E-state index contributed by atoms with van der Waals surface area (Å²) < 4.78 is 18.3. The van der Waals surface area contributed by atoms with Crippen LogP contribution in [0.4, 0.5) is 4.39 Å². The molecule has 3 heteroatoms. The monoisotopic (exact) mass is 207 g/mol. The number of benzene rings is 1. The minimum atomic E-state index is -0.325. The number of ether oxygens (including phenoxy) is 1. The highest BCUT2D eigenvalue weighted by atomic mass is 19.1. The molecule has 0 bridgehead atoms. The summed E-state index contributed by atoms with van der Waals surface area (Å²) in [4.78, 5) is 0. The molecule has 0 fully saturated rings. The summed E-state index contributed by atoms with van der Waals surface area (Å²) in [7, 11) is 1.83. The van der Waals surface area contributed by atoms with Gasteiger partial charge in [0.15, 0.2) is 0 Å². The smallest absolute Gasteiger partial charge is 0.148 e. The summed E-state index contributed by atoms with van der Waals surface area (Å²) >= 11 is 0. The lowest BCUT2D eigenvalue weighted by Crippen LogP contribution is -2.14. The average molecular weight is 207 g/mol. The van der Waals surface area contributed by atoms with Crippen molar-refractivity contribution < 1.29 is 9.13 Å². The molecule has 1 atom stereocenters. The van der Waals surface area contributed by atoms with Crippen LogP contribution in [0.2, 0.25) is 0 Å². The van der Waals surface area contributed by atoms with Crippen molar-refractivity contribution in [1.82, 2.24) is 5.32 Å². The Bertz CT molecular complexity index is 370. The second kappa shape index (κ2) is 5.38. The van der Waals surface area contributed by atoms with Gasteiger partial charge in [-0.1, -0.05) is 12.0 Å². The van der Waals surface area contributed by atoms with Crippen molar-refractivity contribution in [2.24, 2.45) is 0 Å². The van der Waals surface area contributed by atoms with Gasteiger partial charge in [0.05, 0.1) is 0 Å². The van der Waals surface area contributed by atoms with Crippen LogP contribution < -0.4 is 10.1 Å². The van der Waals surface area contributed by atoms with E-state index in [4.69, 9.17) is 11.2 Å². The van der Waals surface area contributed by atoms with E-state index < -0.39 is 0 Å². The first-order chi connectivity index (χ1) is 7.19. The average Bonchev–Trinajstić information content (AvgIpc) is 2.25. The van der Waals surface area contributed by atoms with Gasteiger partial charge in [-0.2, -0.15) is 0 Å². The molecule has 0 amide bonds. The van der Waals surface area contributed by atoms with Crippen LogP contribution >= 0.6 is 0 Å². The van der Waals surface area contributed by atoms with Crippen LogP contribution in [0.25, 0.3) is 0 Å². The minimum absolute atomic E-state index is 0.0957. The van der Waals surface area contributed by atoms with Crippen molar-refractivity contribution in [2.45, 2.75) is 13.0 Å². The maximum absolute atomic E-state index is 13.0. The summed E-state index contributed by atoms with van der Waals surface area (Å²) in [6.07, 6.45) is 5.09. The second-order valence-electron chi connectivity index (χ2n) is 3.19. The molecule has 80 valence electrons. The van der Waals surface area contributed by atoms with E-state index in [2.05, 4.69) is 11.2 Å². The van der Waals surface area contributed by atoms with Gasteiger partial charge in [0.1, 0.15) is 18.2 Å². The Morgan fingerprint density at radius 3 is 2.93 bits per heavy atom. The highest BCUT2D eigenvalue weighted by molar-refractivity contribution is 5.36. The van der Waals surface area contributed by atoms with Gasteiger partial charge in [0.2, 0.25) is 0 Å². The van der Waals surface area contributed by atoms with Crippen LogP contribution in [-0.2, 0) is 0 Å². The third-order valence-corrected chi connectivity index (χ3v) is 2.19. The van der Waals surface area contributed by atoms with Crippen LogP contribution in [-0.4, -0.2) is 13.7 Å². The molecular weight excluding hydrogens is 193 g/mol. The van der Waals surface area contributed by atoms with Crippen LogP contribution in [0.15, 0.2) is 18.2 Å². The zero-order valence-electron chi connectivity index (χ0n) is 8.88.